The summed E-state index contributed by atoms with van der Waals surface area (Å²) >= 11 is 0. The van der Waals surface area contributed by atoms with Crippen LogP contribution >= 0.6 is 0 Å². The van der Waals surface area contributed by atoms with Gasteiger partial charge in [0, 0.05) is 0 Å². The van der Waals surface area contributed by atoms with Crippen molar-refractivity contribution >= 4 is 5.91 Å². The third kappa shape index (κ3) is 3.64. The fourth-order valence-corrected chi connectivity index (χ4v) is 2.52. The second-order valence-electron chi connectivity index (χ2n) is 6.17. The van der Waals surface area contributed by atoms with E-state index in [0.29, 0.717) is 34.2 Å². The van der Waals surface area contributed by atoms with Gasteiger partial charge in [-0.05, 0) is 57.2 Å². The van der Waals surface area contributed by atoms with Gasteiger partial charge in [0.15, 0.2) is 5.76 Å². The highest BCUT2D eigenvalue weighted by molar-refractivity contribution is 5.95. The summed E-state index contributed by atoms with van der Waals surface area (Å²) in [6, 6.07) is 10.5. The SMILES string of the molecule is Cc1ccc(C(C)(O)CNC(=O)c2ccc(-c3ccco3)nc2C)o1. The molecular formula is C19H20N2O4. The average Bonchev–Trinajstić information content (AvgIpc) is 3.24. The van der Waals surface area contributed by atoms with E-state index in [1.807, 2.05) is 6.07 Å². The molecule has 0 bridgehead atoms. The third-order valence-electron chi connectivity index (χ3n) is 3.97. The summed E-state index contributed by atoms with van der Waals surface area (Å²) in [6.07, 6.45) is 1.57. The maximum Gasteiger partial charge on any atom is 0.253 e. The van der Waals surface area contributed by atoms with Gasteiger partial charge in [-0.25, -0.2) is 4.98 Å². The van der Waals surface area contributed by atoms with E-state index in [9.17, 15) is 9.90 Å². The van der Waals surface area contributed by atoms with Gasteiger partial charge in [-0.1, -0.05) is 0 Å². The number of carbonyl (C=O) groups excluding carboxylic acids is 1. The molecule has 6 heteroatoms. The van der Waals surface area contributed by atoms with Gasteiger partial charge >= 0.3 is 0 Å². The predicted molar refractivity (Wildman–Crippen MR) is 92.0 cm³/mol. The number of rotatable bonds is 5. The van der Waals surface area contributed by atoms with Crippen molar-refractivity contribution in [3.05, 3.63) is 65.4 Å². The van der Waals surface area contributed by atoms with Crippen LogP contribution < -0.4 is 5.32 Å². The first kappa shape index (κ1) is 17.0. The van der Waals surface area contributed by atoms with Gasteiger partial charge in [0.1, 0.15) is 22.8 Å². The first-order chi connectivity index (χ1) is 11.9. The fourth-order valence-electron chi connectivity index (χ4n) is 2.52. The summed E-state index contributed by atoms with van der Waals surface area (Å²) in [5.41, 5.74) is 0.401. The molecule has 3 rings (SSSR count). The molecule has 3 aromatic heterocycles. The van der Waals surface area contributed by atoms with E-state index in [2.05, 4.69) is 10.3 Å². The number of aliphatic hydroxyl groups is 1. The summed E-state index contributed by atoms with van der Waals surface area (Å²) in [5.74, 6) is 1.45. The zero-order valence-corrected chi connectivity index (χ0v) is 14.4. The lowest BCUT2D eigenvalue weighted by atomic mass is 10.0. The smallest absolute Gasteiger partial charge is 0.253 e. The Bertz CT molecular complexity index is 879. The van der Waals surface area contributed by atoms with Crippen molar-refractivity contribution in [3.8, 4) is 11.5 Å². The predicted octanol–water partition coefficient (Wildman–Crippen LogP) is 3.19. The number of aromatic nitrogens is 1. The molecule has 0 saturated heterocycles. The van der Waals surface area contributed by atoms with E-state index in [1.165, 1.54) is 0 Å². The van der Waals surface area contributed by atoms with Crippen LogP contribution in [0.15, 0.2) is 51.5 Å². The van der Waals surface area contributed by atoms with Crippen LogP contribution in [0, 0.1) is 13.8 Å². The van der Waals surface area contributed by atoms with E-state index >= 15 is 0 Å². The van der Waals surface area contributed by atoms with Crippen molar-refractivity contribution in [2.45, 2.75) is 26.4 Å². The molecule has 0 saturated carbocycles. The molecular weight excluding hydrogens is 320 g/mol. The van der Waals surface area contributed by atoms with E-state index in [-0.39, 0.29) is 12.5 Å². The Morgan fingerprint density at radius 3 is 2.64 bits per heavy atom. The minimum absolute atomic E-state index is 0.0260. The molecule has 0 aliphatic rings. The number of pyridine rings is 1. The minimum Gasteiger partial charge on any atom is -0.463 e. The number of hydrogen-bond donors (Lipinski definition) is 2. The Morgan fingerprint density at radius 2 is 2.04 bits per heavy atom. The van der Waals surface area contributed by atoms with Crippen LogP contribution in [-0.2, 0) is 5.60 Å². The number of carbonyl (C=O) groups is 1. The van der Waals surface area contributed by atoms with Crippen LogP contribution in [0.5, 0.6) is 0 Å². The Kier molecular flexibility index (Phi) is 4.46. The van der Waals surface area contributed by atoms with Crippen molar-refractivity contribution in [1.82, 2.24) is 10.3 Å². The molecule has 0 aliphatic heterocycles. The monoisotopic (exact) mass is 340 g/mol. The van der Waals surface area contributed by atoms with Crippen LogP contribution in [0.2, 0.25) is 0 Å². The quantitative estimate of drug-likeness (QED) is 0.745. The Balaban J connectivity index is 1.71. The average molecular weight is 340 g/mol. The lowest BCUT2D eigenvalue weighted by Crippen LogP contribution is -2.38. The summed E-state index contributed by atoms with van der Waals surface area (Å²) in [6.45, 7) is 5.18. The van der Waals surface area contributed by atoms with E-state index < -0.39 is 5.60 Å². The van der Waals surface area contributed by atoms with E-state index in [4.69, 9.17) is 8.83 Å². The Hall–Kier alpha value is -2.86. The highest BCUT2D eigenvalue weighted by Gasteiger charge is 2.28. The molecule has 1 unspecified atom stereocenters. The standard InChI is InChI=1S/C19H20N2O4/c1-12-6-9-17(25-12)19(3,23)11-20-18(22)14-7-8-15(21-13(14)2)16-5-4-10-24-16/h4-10,23H,11H2,1-3H3,(H,20,22). The summed E-state index contributed by atoms with van der Waals surface area (Å²) in [5, 5.41) is 13.2. The molecule has 0 aromatic carbocycles. The van der Waals surface area contributed by atoms with Crippen LogP contribution in [0.3, 0.4) is 0 Å². The molecule has 1 atom stereocenters. The number of nitrogens with zero attached hydrogens (tertiary/aromatic N) is 1. The lowest BCUT2D eigenvalue weighted by molar-refractivity contribution is 0.0323. The summed E-state index contributed by atoms with van der Waals surface area (Å²) < 4.78 is 10.8. The molecule has 0 spiro atoms. The van der Waals surface area contributed by atoms with Gasteiger partial charge in [-0.2, -0.15) is 0 Å². The molecule has 0 radical (unpaired) electrons. The molecule has 130 valence electrons. The maximum atomic E-state index is 12.4. The zero-order valence-electron chi connectivity index (χ0n) is 14.4. The highest BCUT2D eigenvalue weighted by Crippen LogP contribution is 2.23. The largest absolute Gasteiger partial charge is 0.463 e. The number of hydrogen-bond acceptors (Lipinski definition) is 5. The van der Waals surface area contributed by atoms with Crippen molar-refractivity contribution < 1.29 is 18.7 Å². The van der Waals surface area contributed by atoms with Crippen molar-refractivity contribution in [2.75, 3.05) is 6.54 Å². The normalized spacial score (nSPS) is 13.4. The topological polar surface area (TPSA) is 88.5 Å². The maximum absolute atomic E-state index is 12.4. The van der Waals surface area contributed by atoms with Crippen LogP contribution in [0.1, 0.15) is 34.5 Å². The summed E-state index contributed by atoms with van der Waals surface area (Å²) in [7, 11) is 0. The molecule has 2 N–H and O–H groups in total. The van der Waals surface area contributed by atoms with Crippen molar-refractivity contribution in [3.63, 3.8) is 0 Å². The van der Waals surface area contributed by atoms with Gasteiger partial charge in [0.25, 0.3) is 5.91 Å². The molecule has 1 amide bonds. The molecule has 6 nitrogen and oxygen atoms in total. The fraction of sp³-hybridized carbons (Fsp3) is 0.263. The highest BCUT2D eigenvalue weighted by atomic mass is 16.4. The van der Waals surface area contributed by atoms with Gasteiger partial charge in [-0.15, -0.1) is 0 Å². The number of furan rings is 2. The second kappa shape index (κ2) is 6.57. The molecule has 25 heavy (non-hydrogen) atoms. The van der Waals surface area contributed by atoms with Crippen molar-refractivity contribution in [2.24, 2.45) is 0 Å². The van der Waals surface area contributed by atoms with Crippen LogP contribution in [-0.4, -0.2) is 22.5 Å². The first-order valence-corrected chi connectivity index (χ1v) is 7.96. The molecule has 0 aliphatic carbocycles. The minimum atomic E-state index is -1.29. The second-order valence-corrected chi connectivity index (χ2v) is 6.17. The molecule has 3 heterocycles. The Labute approximate surface area is 145 Å². The molecule has 0 fully saturated rings. The number of amides is 1. The van der Waals surface area contributed by atoms with E-state index in [1.54, 1.807) is 57.4 Å². The lowest BCUT2D eigenvalue weighted by Gasteiger charge is -2.21. The summed E-state index contributed by atoms with van der Waals surface area (Å²) in [4.78, 5) is 16.8. The van der Waals surface area contributed by atoms with Crippen LogP contribution in [0.25, 0.3) is 11.5 Å². The first-order valence-electron chi connectivity index (χ1n) is 7.96. The zero-order chi connectivity index (χ0) is 18.0. The van der Waals surface area contributed by atoms with Gasteiger partial charge in [0.05, 0.1) is 24.1 Å². The number of nitrogens with one attached hydrogen (secondary N) is 1. The van der Waals surface area contributed by atoms with Crippen molar-refractivity contribution in [1.29, 1.82) is 0 Å². The molecule has 3 aromatic rings. The number of aryl methyl sites for hydroxylation is 2. The van der Waals surface area contributed by atoms with Gasteiger partial charge < -0.3 is 19.3 Å². The van der Waals surface area contributed by atoms with Gasteiger partial charge in [0.2, 0.25) is 0 Å². The van der Waals surface area contributed by atoms with Crippen LogP contribution in [0.4, 0.5) is 0 Å². The van der Waals surface area contributed by atoms with Gasteiger partial charge in [-0.3, -0.25) is 4.79 Å². The Morgan fingerprint density at radius 1 is 1.24 bits per heavy atom. The third-order valence-corrected chi connectivity index (χ3v) is 3.97. The van der Waals surface area contributed by atoms with E-state index in [0.717, 1.165) is 0 Å².